The summed E-state index contributed by atoms with van der Waals surface area (Å²) < 4.78 is 5.44. The van der Waals surface area contributed by atoms with Crippen LogP contribution in [0.15, 0.2) is 54.6 Å². The Labute approximate surface area is 126 Å². The van der Waals surface area contributed by atoms with E-state index in [4.69, 9.17) is 4.74 Å². The fraction of sp³-hybridized carbons (Fsp3) is 0.333. The molecule has 2 aromatic carbocycles. The van der Waals surface area contributed by atoms with Crippen molar-refractivity contribution in [3.8, 4) is 5.75 Å². The minimum absolute atomic E-state index is 0.180. The third-order valence-corrected chi connectivity index (χ3v) is 3.49. The van der Waals surface area contributed by atoms with Gasteiger partial charge in [-0.15, -0.1) is 0 Å². The molecule has 0 radical (unpaired) electrons. The van der Waals surface area contributed by atoms with Crippen LogP contribution in [-0.2, 0) is 0 Å². The van der Waals surface area contributed by atoms with E-state index in [1.54, 1.807) is 0 Å². The van der Waals surface area contributed by atoms with Gasteiger partial charge in [0.15, 0.2) is 0 Å². The van der Waals surface area contributed by atoms with Crippen molar-refractivity contribution >= 4 is 0 Å². The first kappa shape index (κ1) is 15.5. The highest BCUT2D eigenvalue weighted by molar-refractivity contribution is 5.29. The van der Waals surface area contributed by atoms with Crippen LogP contribution in [-0.4, -0.2) is 18.3 Å². The monoisotopic (exact) mass is 285 g/mol. The summed E-state index contributed by atoms with van der Waals surface area (Å²) in [5, 5.41) is 13.5. The standard InChI is InChI=1S/C18H23NO2/c1-3-21-17-11-9-15(10-12-17)14(2)19-13-18(20)16-7-5-4-6-8-16/h4-12,14,18-20H,3,13H2,1-2H3. The molecule has 0 saturated carbocycles. The number of hydrogen-bond acceptors (Lipinski definition) is 3. The van der Waals surface area contributed by atoms with Crippen molar-refractivity contribution < 1.29 is 9.84 Å². The lowest BCUT2D eigenvalue weighted by Crippen LogP contribution is -2.24. The Morgan fingerprint density at radius 2 is 1.67 bits per heavy atom. The molecule has 0 heterocycles. The summed E-state index contributed by atoms with van der Waals surface area (Å²) in [7, 11) is 0. The number of aliphatic hydroxyl groups excluding tert-OH is 1. The molecule has 0 fully saturated rings. The highest BCUT2D eigenvalue weighted by Crippen LogP contribution is 2.19. The molecule has 3 heteroatoms. The van der Waals surface area contributed by atoms with Crippen LogP contribution in [0.1, 0.15) is 37.1 Å². The van der Waals surface area contributed by atoms with Crippen LogP contribution in [0.25, 0.3) is 0 Å². The Balaban J connectivity index is 1.88. The lowest BCUT2D eigenvalue weighted by Gasteiger charge is -2.18. The maximum atomic E-state index is 10.1. The van der Waals surface area contributed by atoms with Crippen molar-refractivity contribution in [1.82, 2.24) is 5.32 Å². The Morgan fingerprint density at radius 1 is 1.00 bits per heavy atom. The van der Waals surface area contributed by atoms with Gasteiger partial charge in [0.25, 0.3) is 0 Å². The van der Waals surface area contributed by atoms with E-state index in [9.17, 15) is 5.11 Å². The number of nitrogens with one attached hydrogen (secondary N) is 1. The van der Waals surface area contributed by atoms with Crippen molar-refractivity contribution in [1.29, 1.82) is 0 Å². The average molecular weight is 285 g/mol. The molecule has 112 valence electrons. The molecular weight excluding hydrogens is 262 g/mol. The van der Waals surface area contributed by atoms with Gasteiger partial charge in [0.05, 0.1) is 12.7 Å². The third-order valence-electron chi connectivity index (χ3n) is 3.49. The minimum Gasteiger partial charge on any atom is -0.494 e. The molecule has 2 N–H and O–H groups in total. The maximum Gasteiger partial charge on any atom is 0.119 e. The first-order valence-electron chi connectivity index (χ1n) is 7.40. The summed E-state index contributed by atoms with van der Waals surface area (Å²) in [6, 6.07) is 17.9. The molecule has 2 rings (SSSR count). The largest absolute Gasteiger partial charge is 0.494 e. The van der Waals surface area contributed by atoms with Crippen LogP contribution >= 0.6 is 0 Å². The third kappa shape index (κ3) is 4.59. The Kier molecular flexibility index (Phi) is 5.78. The second kappa shape index (κ2) is 7.81. The number of hydrogen-bond donors (Lipinski definition) is 2. The van der Waals surface area contributed by atoms with Gasteiger partial charge >= 0.3 is 0 Å². The molecule has 0 aliphatic carbocycles. The van der Waals surface area contributed by atoms with Crippen molar-refractivity contribution in [2.24, 2.45) is 0 Å². The first-order chi connectivity index (χ1) is 10.2. The van der Waals surface area contributed by atoms with Crippen LogP contribution in [0.5, 0.6) is 5.75 Å². The molecule has 21 heavy (non-hydrogen) atoms. The number of rotatable bonds is 7. The van der Waals surface area contributed by atoms with E-state index in [-0.39, 0.29) is 6.04 Å². The van der Waals surface area contributed by atoms with Crippen LogP contribution in [0.3, 0.4) is 0 Å². The average Bonchev–Trinajstić information content (AvgIpc) is 2.54. The SMILES string of the molecule is CCOc1ccc(C(C)NCC(O)c2ccccc2)cc1. The minimum atomic E-state index is -0.489. The molecule has 0 aliphatic heterocycles. The van der Waals surface area contributed by atoms with E-state index in [0.717, 1.165) is 11.3 Å². The van der Waals surface area contributed by atoms with Gasteiger partial charge in [0.1, 0.15) is 5.75 Å². The Morgan fingerprint density at radius 3 is 2.29 bits per heavy atom. The topological polar surface area (TPSA) is 41.5 Å². The van der Waals surface area contributed by atoms with Crippen LogP contribution in [0.4, 0.5) is 0 Å². The molecule has 0 saturated heterocycles. The van der Waals surface area contributed by atoms with E-state index in [1.165, 1.54) is 5.56 Å². The van der Waals surface area contributed by atoms with Gasteiger partial charge < -0.3 is 15.2 Å². The molecule has 2 atom stereocenters. The van der Waals surface area contributed by atoms with Crippen molar-refractivity contribution in [2.45, 2.75) is 26.0 Å². The van der Waals surface area contributed by atoms with Gasteiger partial charge in [0, 0.05) is 12.6 Å². The molecule has 2 unspecified atom stereocenters. The fourth-order valence-electron chi connectivity index (χ4n) is 2.22. The highest BCUT2D eigenvalue weighted by Gasteiger charge is 2.10. The molecule has 0 spiro atoms. The van der Waals surface area contributed by atoms with Crippen LogP contribution < -0.4 is 10.1 Å². The number of benzene rings is 2. The molecule has 3 nitrogen and oxygen atoms in total. The predicted octanol–water partition coefficient (Wildman–Crippen LogP) is 3.47. The second-order valence-corrected chi connectivity index (χ2v) is 5.06. The summed E-state index contributed by atoms with van der Waals surface area (Å²) in [5.74, 6) is 0.887. The van der Waals surface area contributed by atoms with Crippen molar-refractivity contribution in [3.05, 3.63) is 65.7 Å². The lowest BCUT2D eigenvalue weighted by molar-refractivity contribution is 0.171. The van der Waals surface area contributed by atoms with Gasteiger partial charge in [-0.1, -0.05) is 42.5 Å². The molecule has 0 aliphatic rings. The molecular formula is C18H23NO2. The lowest BCUT2D eigenvalue weighted by atomic mass is 10.1. The van der Waals surface area contributed by atoms with E-state index in [2.05, 4.69) is 24.4 Å². The number of aliphatic hydroxyl groups is 1. The highest BCUT2D eigenvalue weighted by atomic mass is 16.5. The number of ether oxygens (including phenoxy) is 1. The summed E-state index contributed by atoms with van der Waals surface area (Å²) >= 11 is 0. The van der Waals surface area contributed by atoms with Gasteiger partial charge in [-0.25, -0.2) is 0 Å². The second-order valence-electron chi connectivity index (χ2n) is 5.06. The summed E-state index contributed by atoms with van der Waals surface area (Å²) in [4.78, 5) is 0. The molecule has 0 bridgehead atoms. The van der Waals surface area contributed by atoms with E-state index in [1.807, 2.05) is 49.4 Å². The molecule has 0 amide bonds. The van der Waals surface area contributed by atoms with Crippen LogP contribution in [0.2, 0.25) is 0 Å². The summed E-state index contributed by atoms with van der Waals surface area (Å²) in [6.45, 7) is 5.27. The van der Waals surface area contributed by atoms with E-state index >= 15 is 0 Å². The predicted molar refractivity (Wildman–Crippen MR) is 85.4 cm³/mol. The van der Waals surface area contributed by atoms with E-state index in [0.29, 0.717) is 13.2 Å². The quantitative estimate of drug-likeness (QED) is 0.818. The van der Waals surface area contributed by atoms with Crippen molar-refractivity contribution in [2.75, 3.05) is 13.2 Å². The Bertz CT molecular complexity index is 525. The van der Waals surface area contributed by atoms with Gasteiger partial charge in [-0.3, -0.25) is 0 Å². The summed E-state index contributed by atoms with van der Waals surface area (Å²) in [6.07, 6.45) is -0.489. The first-order valence-corrected chi connectivity index (χ1v) is 7.40. The smallest absolute Gasteiger partial charge is 0.119 e. The van der Waals surface area contributed by atoms with Gasteiger partial charge in [-0.05, 0) is 37.1 Å². The van der Waals surface area contributed by atoms with Crippen molar-refractivity contribution in [3.63, 3.8) is 0 Å². The van der Waals surface area contributed by atoms with Gasteiger partial charge in [0.2, 0.25) is 0 Å². The summed E-state index contributed by atoms with van der Waals surface area (Å²) in [5.41, 5.74) is 2.11. The fourth-order valence-corrected chi connectivity index (χ4v) is 2.22. The normalized spacial score (nSPS) is 13.7. The van der Waals surface area contributed by atoms with E-state index < -0.39 is 6.10 Å². The van der Waals surface area contributed by atoms with Gasteiger partial charge in [-0.2, -0.15) is 0 Å². The molecule has 0 aromatic heterocycles. The zero-order chi connectivity index (χ0) is 15.1. The molecule has 2 aromatic rings. The zero-order valence-corrected chi connectivity index (χ0v) is 12.6. The zero-order valence-electron chi connectivity index (χ0n) is 12.6. The van der Waals surface area contributed by atoms with Crippen LogP contribution in [0, 0.1) is 0 Å². The Hall–Kier alpha value is -1.84. The maximum absolute atomic E-state index is 10.1.